The topological polar surface area (TPSA) is 66.4 Å². The van der Waals surface area contributed by atoms with Gasteiger partial charge < -0.3 is 10.4 Å². The number of phenols is 1. The van der Waals surface area contributed by atoms with Crippen molar-refractivity contribution in [1.29, 1.82) is 0 Å². The zero-order valence-corrected chi connectivity index (χ0v) is 9.42. The van der Waals surface area contributed by atoms with Gasteiger partial charge in [0.15, 0.2) is 0 Å². The molecule has 1 rings (SSSR count). The van der Waals surface area contributed by atoms with Crippen LogP contribution in [0.15, 0.2) is 24.3 Å². The number of hydrogen-bond donors (Lipinski definition) is 2. The number of benzene rings is 1. The van der Waals surface area contributed by atoms with Gasteiger partial charge in [-0.3, -0.25) is 0 Å². The largest absolute Gasteiger partial charge is 0.508 e. The Balaban J connectivity index is 2.29. The number of nitrogens with one attached hydrogen (secondary N) is 1. The molecule has 0 saturated heterocycles. The summed E-state index contributed by atoms with van der Waals surface area (Å²) >= 11 is 0. The lowest BCUT2D eigenvalue weighted by Gasteiger charge is -2.03. The Morgan fingerprint density at radius 3 is 2.40 bits per heavy atom. The van der Waals surface area contributed by atoms with Crippen LogP contribution in [-0.2, 0) is 16.4 Å². The molecule has 0 heterocycles. The first-order valence-corrected chi connectivity index (χ1v) is 6.70. The SMILES string of the molecule is CS(=O)(=O)CCNCc1ccc(O)cc1. The van der Waals surface area contributed by atoms with E-state index in [1.807, 2.05) is 0 Å². The minimum atomic E-state index is -2.89. The number of aromatic hydroxyl groups is 1. The molecule has 0 bridgehead atoms. The Hall–Kier alpha value is -1.07. The van der Waals surface area contributed by atoms with E-state index in [1.54, 1.807) is 24.3 Å². The van der Waals surface area contributed by atoms with E-state index in [4.69, 9.17) is 5.11 Å². The van der Waals surface area contributed by atoms with Crippen LogP contribution in [-0.4, -0.2) is 32.1 Å². The monoisotopic (exact) mass is 229 g/mol. The van der Waals surface area contributed by atoms with Gasteiger partial charge in [-0.15, -0.1) is 0 Å². The third-order valence-corrected chi connectivity index (χ3v) is 2.86. The lowest BCUT2D eigenvalue weighted by molar-refractivity contribution is 0.475. The molecular weight excluding hydrogens is 214 g/mol. The van der Waals surface area contributed by atoms with E-state index in [0.717, 1.165) is 5.56 Å². The summed E-state index contributed by atoms with van der Waals surface area (Å²) in [6.07, 6.45) is 1.22. The van der Waals surface area contributed by atoms with Crippen molar-refractivity contribution < 1.29 is 13.5 Å². The van der Waals surface area contributed by atoms with Gasteiger partial charge in [-0.2, -0.15) is 0 Å². The molecule has 0 fully saturated rings. The molecule has 0 amide bonds. The summed E-state index contributed by atoms with van der Waals surface area (Å²) in [5, 5.41) is 12.1. The summed E-state index contributed by atoms with van der Waals surface area (Å²) < 4.78 is 21.6. The van der Waals surface area contributed by atoms with Crippen molar-refractivity contribution in [3.8, 4) is 5.75 Å². The lowest BCUT2D eigenvalue weighted by Crippen LogP contribution is -2.21. The third kappa shape index (κ3) is 5.39. The first-order valence-electron chi connectivity index (χ1n) is 4.64. The molecule has 15 heavy (non-hydrogen) atoms. The lowest BCUT2D eigenvalue weighted by atomic mass is 10.2. The molecular formula is C10H15NO3S. The fourth-order valence-corrected chi connectivity index (χ4v) is 1.62. The maximum absolute atomic E-state index is 10.8. The van der Waals surface area contributed by atoms with Crippen LogP contribution in [0.4, 0.5) is 0 Å². The highest BCUT2D eigenvalue weighted by Crippen LogP contribution is 2.08. The summed E-state index contributed by atoms with van der Waals surface area (Å²) in [5.41, 5.74) is 1.02. The summed E-state index contributed by atoms with van der Waals surface area (Å²) in [6, 6.07) is 6.80. The van der Waals surface area contributed by atoms with Crippen molar-refractivity contribution in [2.75, 3.05) is 18.6 Å². The number of sulfone groups is 1. The summed E-state index contributed by atoms with van der Waals surface area (Å²) in [5.74, 6) is 0.375. The highest BCUT2D eigenvalue weighted by Gasteiger charge is 2.00. The average molecular weight is 229 g/mol. The molecule has 0 spiro atoms. The van der Waals surface area contributed by atoms with Crippen LogP contribution in [0.5, 0.6) is 5.75 Å². The maximum atomic E-state index is 10.8. The smallest absolute Gasteiger partial charge is 0.148 e. The summed E-state index contributed by atoms with van der Waals surface area (Å²) in [4.78, 5) is 0. The van der Waals surface area contributed by atoms with E-state index in [-0.39, 0.29) is 11.5 Å². The molecule has 5 heteroatoms. The van der Waals surface area contributed by atoms with E-state index < -0.39 is 9.84 Å². The Bertz CT molecular complexity index is 397. The molecule has 1 aromatic carbocycles. The van der Waals surface area contributed by atoms with Gasteiger partial charge in [0.25, 0.3) is 0 Å². The van der Waals surface area contributed by atoms with Gasteiger partial charge in [0.05, 0.1) is 5.75 Å². The van der Waals surface area contributed by atoms with Crippen molar-refractivity contribution in [3.63, 3.8) is 0 Å². The molecule has 4 nitrogen and oxygen atoms in total. The van der Waals surface area contributed by atoms with Crippen LogP contribution in [0.3, 0.4) is 0 Å². The summed E-state index contributed by atoms with van der Waals surface area (Å²) in [7, 11) is -2.89. The van der Waals surface area contributed by atoms with Crippen LogP contribution in [0, 0.1) is 0 Å². The van der Waals surface area contributed by atoms with Crippen molar-refractivity contribution >= 4 is 9.84 Å². The Labute approximate surface area is 89.9 Å². The van der Waals surface area contributed by atoms with E-state index >= 15 is 0 Å². The van der Waals surface area contributed by atoms with Gasteiger partial charge in [0.1, 0.15) is 15.6 Å². The quantitative estimate of drug-likeness (QED) is 0.723. The van der Waals surface area contributed by atoms with Crippen molar-refractivity contribution in [1.82, 2.24) is 5.32 Å². The normalized spacial score (nSPS) is 11.5. The van der Waals surface area contributed by atoms with Crippen LogP contribution in [0.1, 0.15) is 5.56 Å². The van der Waals surface area contributed by atoms with Crippen LogP contribution >= 0.6 is 0 Å². The standard InChI is InChI=1S/C10H15NO3S/c1-15(13,14)7-6-11-8-9-2-4-10(12)5-3-9/h2-5,11-12H,6-8H2,1H3. The van der Waals surface area contributed by atoms with E-state index in [9.17, 15) is 8.42 Å². The first-order chi connectivity index (χ1) is 6.97. The van der Waals surface area contributed by atoms with Crippen LogP contribution in [0.2, 0.25) is 0 Å². The second-order valence-electron chi connectivity index (χ2n) is 3.47. The average Bonchev–Trinajstić information content (AvgIpc) is 2.14. The van der Waals surface area contributed by atoms with Crippen molar-refractivity contribution in [2.24, 2.45) is 0 Å². The van der Waals surface area contributed by atoms with Crippen molar-refractivity contribution in [3.05, 3.63) is 29.8 Å². The van der Waals surface area contributed by atoms with Crippen LogP contribution < -0.4 is 5.32 Å². The van der Waals surface area contributed by atoms with Crippen molar-refractivity contribution in [2.45, 2.75) is 6.54 Å². The third-order valence-electron chi connectivity index (χ3n) is 1.92. The highest BCUT2D eigenvalue weighted by molar-refractivity contribution is 7.90. The molecule has 0 unspecified atom stereocenters. The molecule has 0 aromatic heterocycles. The zero-order valence-electron chi connectivity index (χ0n) is 8.60. The predicted octanol–water partition coefficient (Wildman–Crippen LogP) is 0.526. The Morgan fingerprint density at radius 1 is 1.27 bits per heavy atom. The second-order valence-corrected chi connectivity index (χ2v) is 5.73. The Kier molecular flexibility index (Phi) is 4.11. The van der Waals surface area contributed by atoms with E-state index in [1.165, 1.54) is 6.26 Å². The van der Waals surface area contributed by atoms with E-state index in [0.29, 0.717) is 13.1 Å². The molecule has 1 aromatic rings. The molecule has 0 aliphatic rings. The molecule has 0 atom stereocenters. The van der Waals surface area contributed by atoms with Gasteiger partial charge in [-0.1, -0.05) is 12.1 Å². The zero-order chi connectivity index (χ0) is 11.3. The Morgan fingerprint density at radius 2 is 1.87 bits per heavy atom. The molecule has 84 valence electrons. The molecule has 0 radical (unpaired) electrons. The fraction of sp³-hybridized carbons (Fsp3) is 0.400. The van der Waals surface area contributed by atoms with Gasteiger partial charge >= 0.3 is 0 Å². The fourth-order valence-electron chi connectivity index (χ4n) is 1.10. The number of rotatable bonds is 5. The number of hydrogen-bond acceptors (Lipinski definition) is 4. The predicted molar refractivity (Wildman–Crippen MR) is 59.5 cm³/mol. The minimum absolute atomic E-state index is 0.144. The van der Waals surface area contributed by atoms with Gasteiger partial charge in [0, 0.05) is 19.3 Å². The number of phenolic OH excluding ortho intramolecular Hbond substituents is 1. The van der Waals surface area contributed by atoms with Gasteiger partial charge in [0.2, 0.25) is 0 Å². The second kappa shape index (κ2) is 5.14. The molecule has 0 aliphatic carbocycles. The minimum Gasteiger partial charge on any atom is -0.508 e. The molecule has 2 N–H and O–H groups in total. The van der Waals surface area contributed by atoms with Crippen LogP contribution in [0.25, 0.3) is 0 Å². The van der Waals surface area contributed by atoms with Gasteiger partial charge in [-0.25, -0.2) is 8.42 Å². The van der Waals surface area contributed by atoms with Gasteiger partial charge in [-0.05, 0) is 17.7 Å². The summed E-state index contributed by atoms with van der Waals surface area (Å²) in [6.45, 7) is 1.05. The highest BCUT2D eigenvalue weighted by atomic mass is 32.2. The molecule has 0 saturated carbocycles. The maximum Gasteiger partial charge on any atom is 0.148 e. The first kappa shape index (κ1) is 12.0. The molecule has 0 aliphatic heterocycles. The van der Waals surface area contributed by atoms with E-state index in [2.05, 4.69) is 5.32 Å².